The van der Waals surface area contributed by atoms with Crippen LogP contribution in [0.25, 0.3) is 11.1 Å². The van der Waals surface area contributed by atoms with Gasteiger partial charge in [-0.15, -0.1) is 0 Å². The van der Waals surface area contributed by atoms with Crippen LogP contribution in [0.1, 0.15) is 28.3 Å². The summed E-state index contributed by atoms with van der Waals surface area (Å²) in [6.07, 6.45) is 2.19. The molecule has 4 rings (SSSR count). The Labute approximate surface area is 119 Å². The van der Waals surface area contributed by atoms with E-state index in [9.17, 15) is 5.11 Å². The van der Waals surface area contributed by atoms with Crippen LogP contribution >= 0.6 is 0 Å². The quantitative estimate of drug-likeness (QED) is 0.857. The molecule has 1 atom stereocenters. The topological polar surface area (TPSA) is 23.5 Å². The minimum absolute atomic E-state index is 0.118. The molecule has 2 heteroatoms. The maximum Gasteiger partial charge on any atom is 0.0687 e. The zero-order chi connectivity index (χ0) is 13.7. The lowest BCUT2D eigenvalue weighted by molar-refractivity contribution is 0.228. The third kappa shape index (κ3) is 1.58. The van der Waals surface area contributed by atoms with Crippen LogP contribution in [0.4, 0.5) is 0 Å². The number of nitrogens with zero attached hydrogens (tertiary/aromatic N) is 1. The zero-order valence-electron chi connectivity index (χ0n) is 11.8. The number of likely N-dealkylation sites (N-methyl/N-ethyl adjacent to an activating group) is 1. The molecular formula is C18H19NO. The van der Waals surface area contributed by atoms with Crippen molar-refractivity contribution >= 4 is 0 Å². The SMILES string of the molecule is CN1CCc2cccc3c2[C@@H]1Cc1cccc(CO)c1-3. The predicted molar refractivity (Wildman–Crippen MR) is 80.6 cm³/mol. The number of rotatable bonds is 1. The Bertz CT molecular complexity index is 677. The van der Waals surface area contributed by atoms with Gasteiger partial charge < -0.3 is 5.11 Å². The number of fused-ring (bicyclic) bond motifs is 2. The van der Waals surface area contributed by atoms with Crippen LogP contribution in [-0.2, 0) is 19.4 Å². The smallest absolute Gasteiger partial charge is 0.0687 e. The van der Waals surface area contributed by atoms with Crippen LogP contribution in [0.2, 0.25) is 0 Å². The average Bonchev–Trinajstić information content (AvgIpc) is 2.50. The number of benzene rings is 2. The molecule has 0 bridgehead atoms. The summed E-state index contributed by atoms with van der Waals surface area (Å²) in [7, 11) is 2.23. The molecule has 0 amide bonds. The van der Waals surface area contributed by atoms with E-state index in [0.29, 0.717) is 6.04 Å². The predicted octanol–water partition coefficient (Wildman–Crippen LogP) is 2.93. The summed E-state index contributed by atoms with van der Waals surface area (Å²) in [4.78, 5) is 2.47. The van der Waals surface area contributed by atoms with E-state index in [1.807, 2.05) is 6.07 Å². The van der Waals surface area contributed by atoms with Crippen molar-refractivity contribution in [1.82, 2.24) is 4.90 Å². The van der Waals surface area contributed by atoms with Crippen LogP contribution in [0, 0.1) is 0 Å². The Hall–Kier alpha value is -1.64. The van der Waals surface area contributed by atoms with Gasteiger partial charge in [0.05, 0.1) is 6.61 Å². The second-order valence-electron chi connectivity index (χ2n) is 5.94. The van der Waals surface area contributed by atoms with Gasteiger partial charge in [-0.3, -0.25) is 4.90 Å². The number of hydrogen-bond acceptors (Lipinski definition) is 2. The normalized spacial score (nSPS) is 20.4. The van der Waals surface area contributed by atoms with Crippen molar-refractivity contribution in [1.29, 1.82) is 0 Å². The fraction of sp³-hybridized carbons (Fsp3) is 0.333. The zero-order valence-corrected chi connectivity index (χ0v) is 11.8. The van der Waals surface area contributed by atoms with Crippen LogP contribution < -0.4 is 0 Å². The van der Waals surface area contributed by atoms with Gasteiger partial charge in [-0.25, -0.2) is 0 Å². The lowest BCUT2D eigenvalue weighted by Gasteiger charge is -2.40. The summed E-state index contributed by atoms with van der Waals surface area (Å²) in [6.45, 7) is 1.25. The number of aliphatic hydroxyl groups excluding tert-OH is 1. The van der Waals surface area contributed by atoms with E-state index in [-0.39, 0.29) is 6.61 Å². The molecule has 20 heavy (non-hydrogen) atoms. The molecule has 1 N–H and O–H groups in total. The van der Waals surface area contributed by atoms with E-state index in [1.54, 1.807) is 0 Å². The maximum absolute atomic E-state index is 9.67. The molecule has 0 spiro atoms. The van der Waals surface area contributed by atoms with Crippen molar-refractivity contribution in [2.45, 2.75) is 25.5 Å². The highest BCUT2D eigenvalue weighted by Crippen LogP contribution is 2.45. The van der Waals surface area contributed by atoms with Crippen LogP contribution in [-0.4, -0.2) is 23.6 Å². The van der Waals surface area contributed by atoms with Gasteiger partial charge in [-0.05, 0) is 53.3 Å². The summed E-state index contributed by atoms with van der Waals surface area (Å²) in [5, 5.41) is 9.67. The molecule has 0 unspecified atom stereocenters. The molecular weight excluding hydrogens is 246 g/mol. The molecule has 1 aliphatic heterocycles. The first-order valence-corrected chi connectivity index (χ1v) is 7.33. The Balaban J connectivity index is 2.03. The Kier molecular flexibility index (Phi) is 2.69. The number of hydrogen-bond donors (Lipinski definition) is 1. The molecule has 0 aromatic heterocycles. The molecule has 1 aliphatic carbocycles. The molecule has 1 heterocycles. The molecule has 102 valence electrons. The van der Waals surface area contributed by atoms with E-state index in [4.69, 9.17) is 0 Å². The first-order valence-electron chi connectivity index (χ1n) is 7.33. The lowest BCUT2D eigenvalue weighted by Crippen LogP contribution is -2.35. The molecule has 2 aliphatic rings. The third-order valence-electron chi connectivity index (χ3n) is 4.89. The van der Waals surface area contributed by atoms with Gasteiger partial charge in [0.25, 0.3) is 0 Å². The lowest BCUT2D eigenvalue weighted by atomic mass is 9.76. The molecule has 2 nitrogen and oxygen atoms in total. The van der Waals surface area contributed by atoms with Gasteiger partial charge in [0.2, 0.25) is 0 Å². The second-order valence-corrected chi connectivity index (χ2v) is 5.94. The van der Waals surface area contributed by atoms with Crippen molar-refractivity contribution in [3.05, 3.63) is 58.7 Å². The van der Waals surface area contributed by atoms with Crippen LogP contribution in [0.15, 0.2) is 36.4 Å². The highest BCUT2D eigenvalue weighted by atomic mass is 16.3. The summed E-state index contributed by atoms with van der Waals surface area (Å²) < 4.78 is 0. The van der Waals surface area contributed by atoms with Crippen molar-refractivity contribution in [3.8, 4) is 11.1 Å². The van der Waals surface area contributed by atoms with E-state index >= 15 is 0 Å². The minimum Gasteiger partial charge on any atom is -0.392 e. The Morgan fingerprint density at radius 1 is 1.15 bits per heavy atom. The highest BCUT2D eigenvalue weighted by Gasteiger charge is 2.32. The van der Waals surface area contributed by atoms with Gasteiger partial charge in [-0.1, -0.05) is 36.4 Å². The van der Waals surface area contributed by atoms with Crippen molar-refractivity contribution in [2.75, 3.05) is 13.6 Å². The van der Waals surface area contributed by atoms with E-state index in [0.717, 1.165) is 24.9 Å². The molecule has 2 aromatic rings. The minimum atomic E-state index is 0.118. The monoisotopic (exact) mass is 265 g/mol. The van der Waals surface area contributed by atoms with Gasteiger partial charge in [-0.2, -0.15) is 0 Å². The fourth-order valence-electron chi connectivity index (χ4n) is 3.88. The van der Waals surface area contributed by atoms with E-state index in [1.165, 1.54) is 27.8 Å². The molecule has 0 radical (unpaired) electrons. The Morgan fingerprint density at radius 2 is 1.95 bits per heavy atom. The Morgan fingerprint density at radius 3 is 2.80 bits per heavy atom. The molecule has 0 saturated heterocycles. The maximum atomic E-state index is 9.67. The van der Waals surface area contributed by atoms with E-state index in [2.05, 4.69) is 42.3 Å². The molecule has 0 saturated carbocycles. The van der Waals surface area contributed by atoms with Gasteiger partial charge >= 0.3 is 0 Å². The molecule has 2 aromatic carbocycles. The number of aliphatic hydroxyl groups is 1. The van der Waals surface area contributed by atoms with Crippen molar-refractivity contribution < 1.29 is 5.11 Å². The fourth-order valence-corrected chi connectivity index (χ4v) is 3.88. The largest absolute Gasteiger partial charge is 0.392 e. The van der Waals surface area contributed by atoms with Crippen molar-refractivity contribution in [3.63, 3.8) is 0 Å². The van der Waals surface area contributed by atoms with Gasteiger partial charge in [0, 0.05) is 12.6 Å². The van der Waals surface area contributed by atoms with Gasteiger partial charge in [0.1, 0.15) is 0 Å². The standard InChI is InChI=1S/C18H19NO/c1-19-9-8-12-4-3-7-15-17-13(10-16(19)18(12)15)5-2-6-14(17)11-20/h2-7,16,20H,8-11H2,1H3/t16-/m0/s1. The van der Waals surface area contributed by atoms with Crippen LogP contribution in [0.5, 0.6) is 0 Å². The first kappa shape index (κ1) is 12.1. The second kappa shape index (κ2) is 4.44. The molecule has 0 fully saturated rings. The highest BCUT2D eigenvalue weighted by molar-refractivity contribution is 5.78. The van der Waals surface area contributed by atoms with Crippen molar-refractivity contribution in [2.24, 2.45) is 0 Å². The summed E-state index contributed by atoms with van der Waals surface area (Å²) >= 11 is 0. The third-order valence-corrected chi connectivity index (χ3v) is 4.89. The summed E-state index contributed by atoms with van der Waals surface area (Å²) in [5.41, 5.74) is 8.03. The van der Waals surface area contributed by atoms with Crippen LogP contribution in [0.3, 0.4) is 0 Å². The average molecular weight is 265 g/mol. The van der Waals surface area contributed by atoms with E-state index < -0.39 is 0 Å². The first-order chi connectivity index (χ1) is 9.79. The summed E-state index contributed by atoms with van der Waals surface area (Å²) in [6, 6.07) is 13.5. The van der Waals surface area contributed by atoms with Gasteiger partial charge in [0.15, 0.2) is 0 Å². The summed E-state index contributed by atoms with van der Waals surface area (Å²) in [5.74, 6) is 0.